The van der Waals surface area contributed by atoms with Gasteiger partial charge >= 0.3 is 0 Å². The molecule has 0 heterocycles. The Bertz CT molecular complexity index is 452. The van der Waals surface area contributed by atoms with E-state index in [0.29, 0.717) is 0 Å². The molecule has 0 spiro atoms. The second-order valence-electron chi connectivity index (χ2n) is 3.50. The molecule has 0 saturated carbocycles. The zero-order valence-corrected chi connectivity index (χ0v) is 22.9. The third-order valence-corrected chi connectivity index (χ3v) is 2.33. The number of aliphatic hydroxyl groups is 4. The van der Waals surface area contributed by atoms with Crippen LogP contribution >= 0.6 is 0 Å². The van der Waals surface area contributed by atoms with E-state index in [4.69, 9.17) is 20.4 Å². The van der Waals surface area contributed by atoms with Crippen molar-refractivity contribution >= 4 is 10.8 Å². The lowest BCUT2D eigenvalue weighted by Gasteiger charge is -1.92. The molecule has 0 aliphatic rings. The van der Waals surface area contributed by atoms with Crippen LogP contribution in [0.2, 0.25) is 0 Å². The first-order chi connectivity index (χ1) is 16.0. The third kappa shape index (κ3) is 42.0. The minimum Gasteiger partial charge on any atom is -0.400 e. The van der Waals surface area contributed by atoms with Crippen molar-refractivity contribution in [2.24, 2.45) is 0 Å². The van der Waals surface area contributed by atoms with Gasteiger partial charge in [0, 0.05) is 28.4 Å². The smallest absolute Gasteiger partial charge is 0.0319 e. The lowest BCUT2D eigenvalue weighted by Crippen LogP contribution is -1.67. The van der Waals surface area contributed by atoms with Crippen molar-refractivity contribution in [1.29, 1.82) is 0 Å². The average Bonchev–Trinajstić information content (AvgIpc) is 2.99. The van der Waals surface area contributed by atoms with Gasteiger partial charge in [-0.1, -0.05) is 140 Å². The molecule has 3 aromatic rings. The molecule has 0 amide bonds. The Morgan fingerprint density at radius 2 is 0.406 bits per heavy atom. The lowest BCUT2D eigenvalue weighted by atomic mass is 10.1. The fourth-order valence-corrected chi connectivity index (χ4v) is 1.52. The molecule has 190 valence electrons. The highest BCUT2D eigenvalue weighted by molar-refractivity contribution is 5.81. The van der Waals surface area contributed by atoms with Crippen LogP contribution in [0.3, 0.4) is 0 Å². The fourth-order valence-electron chi connectivity index (χ4n) is 1.52. The first-order valence-corrected chi connectivity index (χ1v) is 11.2. The number of hydrogen-bond acceptors (Lipinski definition) is 4. The minimum atomic E-state index is 1.00. The van der Waals surface area contributed by atoms with Gasteiger partial charge in [-0.2, -0.15) is 0 Å². The van der Waals surface area contributed by atoms with Gasteiger partial charge in [-0.05, 0) is 10.8 Å². The number of aliphatic hydroxyl groups excluding tert-OH is 4. The minimum absolute atomic E-state index is 1.00. The van der Waals surface area contributed by atoms with Crippen molar-refractivity contribution in [3.63, 3.8) is 0 Å². The molecule has 32 heavy (non-hydrogen) atoms. The van der Waals surface area contributed by atoms with Crippen molar-refractivity contribution < 1.29 is 20.4 Å². The molecule has 0 atom stereocenters. The summed E-state index contributed by atoms with van der Waals surface area (Å²) in [7, 11) is 4.00. The number of fused-ring (bicyclic) bond motifs is 1. The highest BCUT2D eigenvalue weighted by atomic mass is 16.2. The highest BCUT2D eigenvalue weighted by Crippen LogP contribution is 2.11. The van der Waals surface area contributed by atoms with E-state index in [9.17, 15) is 0 Å². The van der Waals surface area contributed by atoms with E-state index in [1.165, 1.54) is 10.8 Å². The summed E-state index contributed by atoms with van der Waals surface area (Å²) in [4.78, 5) is 0. The topological polar surface area (TPSA) is 80.9 Å². The van der Waals surface area contributed by atoms with Crippen LogP contribution in [0.25, 0.3) is 10.8 Å². The summed E-state index contributed by atoms with van der Waals surface area (Å²) < 4.78 is 0. The van der Waals surface area contributed by atoms with Crippen molar-refractivity contribution in [3.8, 4) is 0 Å². The normalized spacial score (nSPS) is 6.12. The van der Waals surface area contributed by atoms with Crippen LogP contribution < -0.4 is 0 Å². The summed E-state index contributed by atoms with van der Waals surface area (Å²) in [5.41, 5.74) is 0. The van der Waals surface area contributed by atoms with Gasteiger partial charge < -0.3 is 20.4 Å². The molecule has 0 aliphatic heterocycles. The maximum atomic E-state index is 7.00. The van der Waals surface area contributed by atoms with Crippen molar-refractivity contribution in [3.05, 3.63) is 84.9 Å². The lowest BCUT2D eigenvalue weighted by molar-refractivity contribution is 0.399. The van der Waals surface area contributed by atoms with E-state index in [2.05, 4.69) is 48.5 Å². The Morgan fingerprint density at radius 1 is 0.281 bits per heavy atom. The molecule has 3 aromatic carbocycles. The first kappa shape index (κ1) is 47.5. The predicted molar refractivity (Wildman–Crippen MR) is 148 cm³/mol. The molecule has 0 saturated heterocycles. The van der Waals surface area contributed by atoms with E-state index in [0.717, 1.165) is 28.4 Å². The van der Waals surface area contributed by atoms with E-state index < -0.39 is 0 Å². The van der Waals surface area contributed by atoms with E-state index >= 15 is 0 Å². The molecule has 0 unspecified atom stereocenters. The molecule has 4 N–H and O–H groups in total. The van der Waals surface area contributed by atoms with Crippen molar-refractivity contribution in [2.75, 3.05) is 28.4 Å². The molecule has 0 aromatic heterocycles. The SMILES string of the molecule is CC.CC.CC.CC.CO.CO.CO.CO.c1ccc2ccccc2c1.c1ccccc1. The molecule has 4 nitrogen and oxygen atoms in total. The largest absolute Gasteiger partial charge is 0.400 e. The third-order valence-electron chi connectivity index (χ3n) is 2.33. The number of rotatable bonds is 0. The summed E-state index contributed by atoms with van der Waals surface area (Å²) in [6.07, 6.45) is 0. The molecule has 0 fully saturated rings. The summed E-state index contributed by atoms with van der Waals surface area (Å²) in [5.74, 6) is 0. The van der Waals surface area contributed by atoms with Gasteiger partial charge in [-0.3, -0.25) is 0 Å². The summed E-state index contributed by atoms with van der Waals surface area (Å²) in [6.45, 7) is 16.0. The second kappa shape index (κ2) is 70.3. The Labute approximate surface area is 200 Å². The summed E-state index contributed by atoms with van der Waals surface area (Å²) in [6, 6.07) is 28.7. The maximum absolute atomic E-state index is 7.00. The first-order valence-electron chi connectivity index (χ1n) is 11.2. The van der Waals surface area contributed by atoms with Gasteiger partial charge in [0.05, 0.1) is 0 Å². The second-order valence-corrected chi connectivity index (χ2v) is 3.50. The molecule has 3 rings (SSSR count). The standard InChI is InChI=1S/C10H8.C6H6.4C2H6.4CH4O/c1-2-6-10-8-4-3-7-9(10)5-1;1-2-4-6-5-3-1;8*1-2/h1-8H;1-6H;4*1-2H3;4*2H,1H3. The molecule has 4 heteroatoms. The van der Waals surface area contributed by atoms with E-state index in [1.807, 2.05) is 91.8 Å². The van der Waals surface area contributed by atoms with Gasteiger partial charge in [0.15, 0.2) is 0 Å². The Kier molecular flexibility index (Phi) is 104. The van der Waals surface area contributed by atoms with Crippen LogP contribution in [0.1, 0.15) is 55.4 Å². The summed E-state index contributed by atoms with van der Waals surface area (Å²) >= 11 is 0. The fraction of sp³-hybridized carbons (Fsp3) is 0.429. The van der Waals surface area contributed by atoms with Gasteiger partial charge in [-0.15, -0.1) is 0 Å². The van der Waals surface area contributed by atoms with Crippen molar-refractivity contribution in [1.82, 2.24) is 0 Å². The van der Waals surface area contributed by atoms with Crippen LogP contribution in [-0.2, 0) is 0 Å². The maximum Gasteiger partial charge on any atom is 0.0319 e. The van der Waals surface area contributed by atoms with Gasteiger partial charge in [0.25, 0.3) is 0 Å². The van der Waals surface area contributed by atoms with Crippen LogP contribution in [0.4, 0.5) is 0 Å². The summed E-state index contributed by atoms with van der Waals surface area (Å²) in [5, 5.41) is 30.6. The van der Waals surface area contributed by atoms with Gasteiger partial charge in [0.2, 0.25) is 0 Å². The number of benzene rings is 3. The van der Waals surface area contributed by atoms with Crippen LogP contribution in [0, 0.1) is 0 Å². The van der Waals surface area contributed by atoms with Gasteiger partial charge in [0.1, 0.15) is 0 Å². The van der Waals surface area contributed by atoms with Crippen LogP contribution in [0.15, 0.2) is 84.9 Å². The molecule has 0 bridgehead atoms. The Balaban J connectivity index is -0.0000000499. The highest BCUT2D eigenvalue weighted by Gasteiger charge is 1.85. The van der Waals surface area contributed by atoms with E-state index in [1.54, 1.807) is 0 Å². The quantitative estimate of drug-likeness (QED) is 0.293. The molecule has 0 aliphatic carbocycles. The molecular weight excluding hydrogens is 400 g/mol. The van der Waals surface area contributed by atoms with Crippen LogP contribution in [0.5, 0.6) is 0 Å². The predicted octanol–water partition coefficient (Wildman–Crippen LogP) is 7.07. The monoisotopic (exact) mass is 454 g/mol. The van der Waals surface area contributed by atoms with Crippen LogP contribution in [-0.4, -0.2) is 48.9 Å². The zero-order chi connectivity index (χ0) is 27.1. The molecular formula is C28H54O4. The van der Waals surface area contributed by atoms with Gasteiger partial charge in [-0.25, -0.2) is 0 Å². The van der Waals surface area contributed by atoms with E-state index in [-0.39, 0.29) is 0 Å². The molecule has 0 radical (unpaired) electrons. The van der Waals surface area contributed by atoms with Crippen molar-refractivity contribution in [2.45, 2.75) is 55.4 Å². The zero-order valence-electron chi connectivity index (χ0n) is 22.9. The average molecular weight is 455 g/mol. The number of hydrogen-bond donors (Lipinski definition) is 4. The Hall–Kier alpha value is -2.24. The Morgan fingerprint density at radius 3 is 0.531 bits per heavy atom.